The summed E-state index contributed by atoms with van der Waals surface area (Å²) >= 11 is 5.81. The molecule has 0 bridgehead atoms. The van der Waals surface area contributed by atoms with Crippen LogP contribution >= 0.6 is 11.6 Å². The molecule has 11 heavy (non-hydrogen) atoms. The van der Waals surface area contributed by atoms with Crippen molar-refractivity contribution < 1.29 is 0 Å². The van der Waals surface area contributed by atoms with Gasteiger partial charge in [0.2, 0.25) is 0 Å². The summed E-state index contributed by atoms with van der Waals surface area (Å²) in [6, 6.07) is 5.92. The molecule has 0 aliphatic carbocycles. The van der Waals surface area contributed by atoms with E-state index in [0.717, 1.165) is 23.7 Å². The maximum absolute atomic E-state index is 5.81. The number of rotatable bonds is 0. The van der Waals surface area contributed by atoms with Crippen molar-refractivity contribution >= 4 is 17.3 Å². The predicted molar refractivity (Wildman–Crippen MR) is 46.8 cm³/mol. The quantitative estimate of drug-likeness (QED) is 0.618. The minimum absolute atomic E-state index is 0.778. The van der Waals surface area contributed by atoms with E-state index < -0.39 is 0 Å². The van der Waals surface area contributed by atoms with Crippen molar-refractivity contribution in [2.45, 2.75) is 6.42 Å². The number of hydrazine groups is 1. The Morgan fingerprint density at radius 3 is 3.18 bits per heavy atom. The van der Waals surface area contributed by atoms with E-state index in [0.29, 0.717) is 0 Å². The Morgan fingerprint density at radius 1 is 1.36 bits per heavy atom. The van der Waals surface area contributed by atoms with Gasteiger partial charge in [0.15, 0.2) is 0 Å². The lowest BCUT2D eigenvalue weighted by molar-refractivity contribution is 0.747. The first kappa shape index (κ1) is 6.95. The number of anilines is 1. The molecule has 1 aliphatic heterocycles. The van der Waals surface area contributed by atoms with Gasteiger partial charge < -0.3 is 5.43 Å². The van der Waals surface area contributed by atoms with Crippen LogP contribution in [0.2, 0.25) is 5.02 Å². The largest absolute Gasteiger partial charge is 0.321 e. The van der Waals surface area contributed by atoms with E-state index in [-0.39, 0.29) is 0 Å². The SMILES string of the molecule is Clc1ccc2c(c1)NNCC2. The fraction of sp³-hybridized carbons (Fsp3) is 0.250. The van der Waals surface area contributed by atoms with Crippen LogP contribution in [0.15, 0.2) is 18.2 Å². The Hall–Kier alpha value is -0.730. The lowest BCUT2D eigenvalue weighted by Gasteiger charge is -2.18. The third-order valence-electron chi connectivity index (χ3n) is 1.81. The molecule has 0 atom stereocenters. The number of fused-ring (bicyclic) bond motifs is 1. The van der Waals surface area contributed by atoms with Gasteiger partial charge in [-0.05, 0) is 24.1 Å². The molecule has 0 saturated carbocycles. The maximum atomic E-state index is 5.81. The molecule has 0 spiro atoms. The molecule has 1 heterocycles. The van der Waals surface area contributed by atoms with Crippen molar-refractivity contribution in [2.24, 2.45) is 0 Å². The summed E-state index contributed by atoms with van der Waals surface area (Å²) in [6.45, 7) is 0.981. The Kier molecular flexibility index (Phi) is 1.72. The first-order valence-corrected chi connectivity index (χ1v) is 4.01. The van der Waals surface area contributed by atoms with Crippen LogP contribution in [0.4, 0.5) is 5.69 Å². The molecular weight excluding hydrogens is 160 g/mol. The van der Waals surface area contributed by atoms with Gasteiger partial charge in [-0.1, -0.05) is 17.7 Å². The third-order valence-corrected chi connectivity index (χ3v) is 2.05. The summed E-state index contributed by atoms with van der Waals surface area (Å²) in [4.78, 5) is 0. The second-order valence-corrected chi connectivity index (χ2v) is 3.04. The number of hydrogen-bond acceptors (Lipinski definition) is 2. The lowest BCUT2D eigenvalue weighted by Crippen LogP contribution is -2.29. The van der Waals surface area contributed by atoms with Gasteiger partial charge in [-0.15, -0.1) is 0 Å². The normalized spacial score (nSPS) is 15.4. The van der Waals surface area contributed by atoms with Gasteiger partial charge in [0.1, 0.15) is 0 Å². The van der Waals surface area contributed by atoms with E-state index in [1.807, 2.05) is 12.1 Å². The Morgan fingerprint density at radius 2 is 2.27 bits per heavy atom. The van der Waals surface area contributed by atoms with Gasteiger partial charge in [0.25, 0.3) is 0 Å². The summed E-state index contributed by atoms with van der Waals surface area (Å²) in [7, 11) is 0. The molecule has 2 N–H and O–H groups in total. The van der Waals surface area contributed by atoms with Gasteiger partial charge in [-0.3, -0.25) is 0 Å². The highest BCUT2D eigenvalue weighted by Crippen LogP contribution is 2.22. The van der Waals surface area contributed by atoms with Crippen LogP contribution in [-0.2, 0) is 6.42 Å². The smallest absolute Gasteiger partial charge is 0.0534 e. The Bertz CT molecular complexity index is 273. The molecule has 0 saturated heterocycles. The van der Waals surface area contributed by atoms with Crippen LogP contribution < -0.4 is 10.9 Å². The van der Waals surface area contributed by atoms with Crippen LogP contribution in [0.25, 0.3) is 0 Å². The lowest BCUT2D eigenvalue weighted by atomic mass is 10.1. The minimum Gasteiger partial charge on any atom is -0.321 e. The van der Waals surface area contributed by atoms with Gasteiger partial charge in [0, 0.05) is 11.6 Å². The molecular formula is C8H9ClN2. The van der Waals surface area contributed by atoms with Crippen molar-refractivity contribution in [1.82, 2.24) is 5.43 Å². The predicted octanol–water partition coefficient (Wildman–Crippen LogP) is 1.81. The molecule has 0 unspecified atom stereocenters. The van der Waals surface area contributed by atoms with Crippen molar-refractivity contribution in [3.05, 3.63) is 28.8 Å². The van der Waals surface area contributed by atoms with E-state index in [2.05, 4.69) is 16.9 Å². The van der Waals surface area contributed by atoms with Crippen molar-refractivity contribution in [1.29, 1.82) is 0 Å². The molecule has 0 fully saturated rings. The van der Waals surface area contributed by atoms with Crippen LogP contribution in [0.1, 0.15) is 5.56 Å². The molecule has 3 heteroatoms. The average Bonchev–Trinajstić information content (AvgIpc) is 2.04. The minimum atomic E-state index is 0.778. The fourth-order valence-corrected chi connectivity index (χ4v) is 1.41. The van der Waals surface area contributed by atoms with Crippen LogP contribution in [-0.4, -0.2) is 6.54 Å². The molecule has 58 valence electrons. The van der Waals surface area contributed by atoms with Gasteiger partial charge in [-0.25, -0.2) is 5.43 Å². The molecule has 2 rings (SSSR count). The second-order valence-electron chi connectivity index (χ2n) is 2.60. The Labute approximate surface area is 70.5 Å². The topological polar surface area (TPSA) is 24.1 Å². The second kappa shape index (κ2) is 2.72. The third kappa shape index (κ3) is 1.32. The molecule has 1 aromatic rings. The standard InChI is InChI=1S/C8H9ClN2/c9-7-2-1-6-3-4-10-11-8(6)5-7/h1-2,5,10-11H,3-4H2. The summed E-state index contributed by atoms with van der Waals surface area (Å²) in [5.41, 5.74) is 8.56. The first-order chi connectivity index (χ1) is 5.36. The summed E-state index contributed by atoms with van der Waals surface area (Å²) in [6.07, 6.45) is 1.07. The monoisotopic (exact) mass is 168 g/mol. The zero-order valence-electron chi connectivity index (χ0n) is 6.02. The number of halogens is 1. The van der Waals surface area contributed by atoms with E-state index >= 15 is 0 Å². The fourth-order valence-electron chi connectivity index (χ4n) is 1.24. The zero-order valence-corrected chi connectivity index (χ0v) is 6.78. The highest BCUT2D eigenvalue weighted by Gasteiger charge is 2.06. The van der Waals surface area contributed by atoms with E-state index in [9.17, 15) is 0 Å². The van der Waals surface area contributed by atoms with Gasteiger partial charge in [-0.2, -0.15) is 0 Å². The summed E-state index contributed by atoms with van der Waals surface area (Å²) in [5.74, 6) is 0. The van der Waals surface area contributed by atoms with E-state index in [1.165, 1.54) is 5.56 Å². The van der Waals surface area contributed by atoms with Crippen molar-refractivity contribution in [3.8, 4) is 0 Å². The molecule has 0 amide bonds. The number of benzene rings is 1. The van der Waals surface area contributed by atoms with Gasteiger partial charge >= 0.3 is 0 Å². The first-order valence-electron chi connectivity index (χ1n) is 3.63. The molecule has 0 aromatic heterocycles. The highest BCUT2D eigenvalue weighted by molar-refractivity contribution is 6.30. The molecule has 2 nitrogen and oxygen atoms in total. The van der Waals surface area contributed by atoms with Crippen molar-refractivity contribution in [2.75, 3.05) is 12.0 Å². The average molecular weight is 169 g/mol. The van der Waals surface area contributed by atoms with Crippen LogP contribution in [0, 0.1) is 0 Å². The molecule has 0 radical (unpaired) electrons. The van der Waals surface area contributed by atoms with Gasteiger partial charge in [0.05, 0.1) is 5.69 Å². The van der Waals surface area contributed by atoms with E-state index in [4.69, 9.17) is 11.6 Å². The number of nitrogens with one attached hydrogen (secondary N) is 2. The van der Waals surface area contributed by atoms with Crippen LogP contribution in [0.5, 0.6) is 0 Å². The van der Waals surface area contributed by atoms with E-state index in [1.54, 1.807) is 0 Å². The van der Waals surface area contributed by atoms with Crippen molar-refractivity contribution in [3.63, 3.8) is 0 Å². The summed E-state index contributed by atoms with van der Waals surface area (Å²) < 4.78 is 0. The molecule has 1 aromatic carbocycles. The number of hydrogen-bond donors (Lipinski definition) is 2. The van der Waals surface area contributed by atoms with Crippen LogP contribution in [0.3, 0.4) is 0 Å². The molecule has 1 aliphatic rings. The summed E-state index contributed by atoms with van der Waals surface area (Å²) in [5, 5.41) is 0.778. The maximum Gasteiger partial charge on any atom is 0.0534 e. The highest BCUT2D eigenvalue weighted by atomic mass is 35.5. The zero-order chi connectivity index (χ0) is 7.68. The Balaban J connectivity index is 2.43.